The van der Waals surface area contributed by atoms with E-state index in [2.05, 4.69) is 5.32 Å². The summed E-state index contributed by atoms with van der Waals surface area (Å²) >= 11 is 0. The van der Waals surface area contributed by atoms with Crippen molar-refractivity contribution >= 4 is 11.9 Å². The summed E-state index contributed by atoms with van der Waals surface area (Å²) in [5.41, 5.74) is -2.15. The van der Waals surface area contributed by atoms with Gasteiger partial charge in [0.25, 0.3) is 0 Å². The van der Waals surface area contributed by atoms with Crippen LogP contribution in [0.3, 0.4) is 0 Å². The molecule has 1 rings (SSSR count). The van der Waals surface area contributed by atoms with E-state index >= 15 is 0 Å². The molecule has 4 nitrogen and oxygen atoms in total. The number of benzene rings is 1. The smallest absolute Gasteiger partial charge is 0.416 e. The first kappa shape index (κ1) is 17.0. The lowest BCUT2D eigenvalue weighted by Gasteiger charge is -2.19. The van der Waals surface area contributed by atoms with Crippen molar-refractivity contribution in [1.29, 1.82) is 0 Å². The molecule has 1 aromatic rings. The minimum Gasteiger partial charge on any atom is -0.481 e. The van der Waals surface area contributed by atoms with Crippen LogP contribution in [0.4, 0.5) is 13.2 Å². The van der Waals surface area contributed by atoms with E-state index in [1.807, 2.05) is 0 Å². The Kier molecular flexibility index (Phi) is 4.98. The van der Waals surface area contributed by atoms with Crippen molar-refractivity contribution in [2.75, 3.05) is 0 Å². The Morgan fingerprint density at radius 1 is 1.19 bits per heavy atom. The fraction of sp³-hybridized carbons (Fsp3) is 0.429. The minimum absolute atomic E-state index is 0.0634. The number of hydrogen-bond acceptors (Lipinski definition) is 2. The van der Waals surface area contributed by atoms with Gasteiger partial charge < -0.3 is 10.4 Å². The predicted molar refractivity (Wildman–Crippen MR) is 69.3 cm³/mol. The third-order valence-corrected chi connectivity index (χ3v) is 2.98. The summed E-state index contributed by atoms with van der Waals surface area (Å²) in [5.74, 6) is -1.76. The molecule has 21 heavy (non-hydrogen) atoms. The molecule has 0 saturated heterocycles. The Labute approximate surface area is 120 Å². The Hall–Kier alpha value is -2.05. The largest absolute Gasteiger partial charge is 0.481 e. The number of hydrogen-bond donors (Lipinski definition) is 2. The van der Waals surface area contributed by atoms with Gasteiger partial charge >= 0.3 is 12.1 Å². The lowest BCUT2D eigenvalue weighted by Crippen LogP contribution is -2.33. The highest BCUT2D eigenvalue weighted by molar-refractivity contribution is 5.84. The maximum absolute atomic E-state index is 12.8. The van der Waals surface area contributed by atoms with E-state index < -0.39 is 29.0 Å². The van der Waals surface area contributed by atoms with Crippen molar-refractivity contribution in [1.82, 2.24) is 5.32 Å². The van der Waals surface area contributed by atoms with E-state index in [0.717, 1.165) is 6.07 Å². The fourth-order valence-corrected chi connectivity index (χ4v) is 1.68. The summed E-state index contributed by atoms with van der Waals surface area (Å²) in [6, 6.07) is 4.91. The maximum atomic E-state index is 12.8. The zero-order valence-electron chi connectivity index (χ0n) is 11.6. The highest BCUT2D eigenvalue weighted by Gasteiger charge is 2.33. The fourth-order valence-electron chi connectivity index (χ4n) is 1.68. The van der Waals surface area contributed by atoms with E-state index in [0.29, 0.717) is 0 Å². The minimum atomic E-state index is -4.50. The molecule has 7 heteroatoms. The number of carboxylic acids is 1. The normalized spacial score (nSPS) is 12.0. The number of aliphatic carboxylic acids is 1. The van der Waals surface area contributed by atoms with Crippen LogP contribution in [0.2, 0.25) is 0 Å². The van der Waals surface area contributed by atoms with Gasteiger partial charge in [-0.2, -0.15) is 13.2 Å². The van der Waals surface area contributed by atoms with E-state index in [1.165, 1.54) is 32.0 Å². The van der Waals surface area contributed by atoms with Crippen LogP contribution in [0.15, 0.2) is 24.3 Å². The van der Waals surface area contributed by atoms with Gasteiger partial charge in [0.15, 0.2) is 0 Å². The third kappa shape index (κ3) is 4.77. The number of carboxylic acid groups (broad SMARTS) is 1. The molecule has 1 amide bonds. The highest BCUT2D eigenvalue weighted by atomic mass is 19.4. The van der Waals surface area contributed by atoms with Crippen LogP contribution in [0.1, 0.15) is 31.4 Å². The molecule has 1 aromatic carbocycles. The van der Waals surface area contributed by atoms with E-state index in [9.17, 15) is 22.8 Å². The molecule has 0 saturated carbocycles. The van der Waals surface area contributed by atoms with Crippen LogP contribution < -0.4 is 5.32 Å². The first-order chi connectivity index (χ1) is 9.54. The Bertz CT molecular complexity index is 539. The molecule has 2 N–H and O–H groups in total. The van der Waals surface area contributed by atoms with Crippen molar-refractivity contribution in [3.63, 3.8) is 0 Å². The maximum Gasteiger partial charge on any atom is 0.416 e. The van der Waals surface area contributed by atoms with E-state index in [4.69, 9.17) is 5.11 Å². The standard InChI is InChI=1S/C14H16F3NO3/c1-13(2,12(20)21)7-11(19)18-8-9-5-3-4-6-10(9)14(15,16)17/h3-6H,7-8H2,1-2H3,(H,18,19)(H,20,21). The number of nitrogens with one attached hydrogen (secondary N) is 1. The molecule has 0 bridgehead atoms. The van der Waals surface area contributed by atoms with Crippen molar-refractivity contribution in [3.05, 3.63) is 35.4 Å². The number of carbonyl (C=O) groups is 2. The van der Waals surface area contributed by atoms with Crippen LogP contribution in [0, 0.1) is 5.41 Å². The lowest BCUT2D eigenvalue weighted by molar-refractivity contribution is -0.149. The van der Waals surface area contributed by atoms with Gasteiger partial charge in [-0.05, 0) is 25.5 Å². The molecule has 0 fully saturated rings. The molecule has 0 atom stereocenters. The Morgan fingerprint density at radius 2 is 1.76 bits per heavy atom. The SMILES string of the molecule is CC(C)(CC(=O)NCc1ccccc1C(F)(F)F)C(=O)O. The molecule has 0 aliphatic heterocycles. The topological polar surface area (TPSA) is 66.4 Å². The zero-order valence-corrected chi connectivity index (χ0v) is 11.6. The zero-order chi connectivity index (χ0) is 16.3. The summed E-state index contributed by atoms with van der Waals surface area (Å²) in [4.78, 5) is 22.5. The van der Waals surface area contributed by atoms with Gasteiger partial charge in [0, 0.05) is 13.0 Å². The molecular weight excluding hydrogens is 287 g/mol. The summed E-state index contributed by atoms with van der Waals surface area (Å²) in [6.07, 6.45) is -4.81. The molecule has 0 aliphatic carbocycles. The van der Waals surface area contributed by atoms with Gasteiger partial charge in [0.05, 0.1) is 11.0 Å². The molecule has 0 aromatic heterocycles. The number of alkyl halides is 3. The summed E-state index contributed by atoms with van der Waals surface area (Å²) in [6.45, 7) is 2.45. The molecule has 0 spiro atoms. The van der Waals surface area contributed by atoms with Crippen LogP contribution >= 0.6 is 0 Å². The van der Waals surface area contributed by atoms with Gasteiger partial charge in [0.1, 0.15) is 0 Å². The lowest BCUT2D eigenvalue weighted by atomic mass is 9.89. The van der Waals surface area contributed by atoms with Crippen molar-refractivity contribution in [2.24, 2.45) is 5.41 Å². The van der Waals surface area contributed by atoms with E-state index in [1.54, 1.807) is 0 Å². The van der Waals surface area contributed by atoms with Crippen LogP contribution in [-0.4, -0.2) is 17.0 Å². The van der Waals surface area contributed by atoms with Crippen LogP contribution in [0.5, 0.6) is 0 Å². The summed E-state index contributed by atoms with van der Waals surface area (Å²) in [5, 5.41) is 11.2. The molecule has 0 heterocycles. The number of carbonyl (C=O) groups excluding carboxylic acids is 1. The molecule has 0 aliphatic rings. The molecule has 116 valence electrons. The second-order valence-corrected chi connectivity index (χ2v) is 5.30. The quantitative estimate of drug-likeness (QED) is 0.879. The van der Waals surface area contributed by atoms with Crippen LogP contribution in [-0.2, 0) is 22.3 Å². The van der Waals surface area contributed by atoms with Crippen molar-refractivity contribution in [3.8, 4) is 0 Å². The second kappa shape index (κ2) is 6.15. The summed E-state index contributed by atoms with van der Waals surface area (Å²) in [7, 11) is 0. The molecule has 0 radical (unpaired) electrons. The van der Waals surface area contributed by atoms with Crippen LogP contribution in [0.25, 0.3) is 0 Å². The van der Waals surface area contributed by atoms with Gasteiger partial charge in [-0.15, -0.1) is 0 Å². The summed E-state index contributed by atoms with van der Waals surface area (Å²) < 4.78 is 38.3. The van der Waals surface area contributed by atoms with E-state index in [-0.39, 0.29) is 18.5 Å². The van der Waals surface area contributed by atoms with Gasteiger partial charge in [-0.25, -0.2) is 0 Å². The third-order valence-electron chi connectivity index (χ3n) is 2.98. The second-order valence-electron chi connectivity index (χ2n) is 5.30. The van der Waals surface area contributed by atoms with Gasteiger partial charge in [0.2, 0.25) is 5.91 Å². The number of halogens is 3. The van der Waals surface area contributed by atoms with Crippen molar-refractivity contribution in [2.45, 2.75) is 33.0 Å². The van der Waals surface area contributed by atoms with Gasteiger partial charge in [-0.3, -0.25) is 9.59 Å². The first-order valence-electron chi connectivity index (χ1n) is 6.19. The average molecular weight is 303 g/mol. The first-order valence-corrected chi connectivity index (χ1v) is 6.19. The van der Waals surface area contributed by atoms with Crippen molar-refractivity contribution < 1.29 is 27.9 Å². The Morgan fingerprint density at radius 3 is 2.29 bits per heavy atom. The predicted octanol–water partition coefficient (Wildman–Crippen LogP) is 2.82. The molecular formula is C14H16F3NO3. The molecule has 0 unspecified atom stereocenters. The Balaban J connectivity index is 2.73. The number of rotatable bonds is 5. The highest BCUT2D eigenvalue weighted by Crippen LogP contribution is 2.31. The van der Waals surface area contributed by atoms with Gasteiger partial charge in [-0.1, -0.05) is 18.2 Å². The average Bonchev–Trinajstić information content (AvgIpc) is 2.35. The number of amides is 1. The monoisotopic (exact) mass is 303 g/mol.